The largest absolute Gasteiger partial charge is 0.396 e. The Morgan fingerprint density at radius 2 is 1.18 bits per heavy atom. The summed E-state index contributed by atoms with van der Waals surface area (Å²) in [5, 5.41) is 28.5. The van der Waals surface area contributed by atoms with Crippen LogP contribution in [0.4, 0.5) is 34.9 Å². The van der Waals surface area contributed by atoms with Crippen LogP contribution in [-0.2, 0) is 37.5 Å². The third-order valence-electron chi connectivity index (χ3n) is 17.7. The van der Waals surface area contributed by atoms with E-state index in [0.29, 0.717) is 84.5 Å². The number of para-hydroxylation sites is 2. The highest BCUT2D eigenvalue weighted by Gasteiger charge is 2.24. The SMILES string of the molecule is CC(C)Cn1cnc2c(N)nc3ccccc3c21.CCOCc1nc2c(N)nc3ccccc3c2n1CC(C)(C)O.Cc1cc2c([nH]c(=O)n2Cc2ccc(NCCN3CCCC(CO)C3)nc2)c(N)n1.Cc1cc2c([nH]c(=O)n2Cc2ccc(NCCN3CCCCC3)nc2)c(N)n1. The number of ether oxygens (including phenoxy) is 1. The average Bonchev–Trinajstić information content (AvgIpc) is 1.66. The van der Waals surface area contributed by atoms with Gasteiger partial charge in [-0.05, 0) is 139 Å². The average molecular weight is 1350 g/mol. The van der Waals surface area contributed by atoms with E-state index in [1.807, 2.05) is 117 Å². The van der Waals surface area contributed by atoms with Gasteiger partial charge in [-0.25, -0.2) is 49.5 Å². The molecule has 1 unspecified atom stereocenters. The minimum absolute atomic E-state index is 0.196. The number of hydrogen-bond acceptors (Lipinski definition) is 21. The summed E-state index contributed by atoms with van der Waals surface area (Å²) in [5.74, 6) is 4.96. The number of nitrogens with zero attached hydrogens (tertiary/aromatic N) is 14. The Morgan fingerprint density at radius 1 is 0.646 bits per heavy atom. The van der Waals surface area contributed by atoms with Gasteiger partial charge in [0.25, 0.3) is 0 Å². The van der Waals surface area contributed by atoms with Gasteiger partial charge < -0.3 is 77.4 Å². The first-order valence-electron chi connectivity index (χ1n) is 34.2. The Kier molecular flexibility index (Phi) is 22.5. The van der Waals surface area contributed by atoms with Crippen LogP contribution in [0.1, 0.15) is 95.1 Å². The summed E-state index contributed by atoms with van der Waals surface area (Å²) in [6.45, 7) is 25.1. The van der Waals surface area contributed by atoms with Crippen LogP contribution in [0.25, 0.3) is 65.9 Å². The van der Waals surface area contributed by atoms with Crippen LogP contribution in [0.2, 0.25) is 0 Å². The summed E-state index contributed by atoms with van der Waals surface area (Å²) >= 11 is 0. The number of nitrogen functional groups attached to an aromatic ring is 4. The number of H-pyrrole nitrogens is 2. The van der Waals surface area contributed by atoms with Crippen molar-refractivity contribution in [1.82, 2.24) is 77.9 Å². The Hall–Kier alpha value is -10.1. The van der Waals surface area contributed by atoms with Gasteiger partial charge in [-0.2, -0.15) is 0 Å². The lowest BCUT2D eigenvalue weighted by Crippen LogP contribution is -2.39. The molecule has 0 aliphatic carbocycles. The molecule has 14 rings (SSSR count). The zero-order chi connectivity index (χ0) is 69.9. The zero-order valence-corrected chi connectivity index (χ0v) is 57.8. The van der Waals surface area contributed by atoms with Crippen LogP contribution in [-0.4, -0.2) is 159 Å². The standard InChI is InChI=1S/C21H29N7O2.C20H27N7O.C17H22N4O2.C14H16N4/c1-14-9-17-19(20(22)25-14)26-21(30)28(17)12-15-4-5-18(24-10-15)23-6-8-27-7-2-3-16(11-27)13-29;1-14-11-16-18(19(21)24-14)25-20(28)27(16)13-15-5-6-17(23-12-15)22-7-10-26-8-3-2-4-9-26;1-4-23-9-13-20-14-15(21(13)10-17(2,3)22)11-7-5-6-8-12(11)19-16(14)18;1-9(2)7-18-8-16-12-13(18)10-5-3-4-6-11(10)17-14(12)15/h4-5,9-10,16,29H,2-3,6-8,11-13H2,1H3,(H2,22,25)(H,23,24)(H,26,30);5-6,11-12H,2-4,7-10,13H2,1H3,(H2,21,24)(H,22,23)(H,25,28);5-8,22H,4,9-10H2,1-3H3,(H2,18,19);3-6,8-9H,7H2,1-2H3,(H2,15,17). The fourth-order valence-electron chi connectivity index (χ4n) is 13.0. The third kappa shape index (κ3) is 17.3. The first kappa shape index (κ1) is 70.3. The molecule has 10 aromatic heterocycles. The van der Waals surface area contributed by atoms with Gasteiger partial charge in [0, 0.05) is 87.0 Å². The number of pyridine rings is 6. The van der Waals surface area contributed by atoms with Gasteiger partial charge in [0.2, 0.25) is 0 Å². The summed E-state index contributed by atoms with van der Waals surface area (Å²) in [6.07, 6.45) is 11.7. The fourth-order valence-corrected chi connectivity index (χ4v) is 13.0. The summed E-state index contributed by atoms with van der Waals surface area (Å²) in [4.78, 5) is 70.4. The number of aliphatic hydroxyl groups excluding tert-OH is 1. The predicted molar refractivity (Wildman–Crippen MR) is 395 cm³/mol. The highest BCUT2D eigenvalue weighted by Crippen LogP contribution is 2.32. The van der Waals surface area contributed by atoms with E-state index in [9.17, 15) is 19.8 Å². The molecule has 0 bridgehead atoms. The minimum atomic E-state index is -0.881. The summed E-state index contributed by atoms with van der Waals surface area (Å²) in [5.41, 5.74) is 33.9. The topological polar surface area (TPSA) is 373 Å². The number of imidazole rings is 4. The zero-order valence-electron chi connectivity index (χ0n) is 57.8. The molecule has 2 saturated heterocycles. The van der Waals surface area contributed by atoms with Crippen LogP contribution in [0, 0.1) is 25.7 Å². The summed E-state index contributed by atoms with van der Waals surface area (Å²) in [6, 6.07) is 27.5. The Bertz CT molecular complexity index is 4830. The quantitative estimate of drug-likeness (QED) is 0.0342. The van der Waals surface area contributed by atoms with Crippen molar-refractivity contribution in [2.45, 2.75) is 119 Å². The molecule has 14 N–H and O–H groups in total. The van der Waals surface area contributed by atoms with Gasteiger partial charge in [0.05, 0.1) is 64.7 Å². The maximum absolute atomic E-state index is 12.4. The molecular weight excluding hydrogens is 1250 g/mol. The number of aliphatic hydroxyl groups is 2. The number of aromatic amines is 2. The Balaban J connectivity index is 0.000000135. The van der Waals surface area contributed by atoms with Crippen LogP contribution in [0.5, 0.6) is 0 Å². The van der Waals surface area contributed by atoms with E-state index in [0.717, 1.165) is 148 Å². The second kappa shape index (κ2) is 31.6. The number of nitrogens with two attached hydrogens (primary N) is 4. The number of nitrogens with one attached hydrogen (secondary N) is 4. The molecule has 2 aliphatic heterocycles. The van der Waals surface area contributed by atoms with Gasteiger partial charge in [-0.1, -0.05) is 68.8 Å². The molecule has 0 saturated carbocycles. The van der Waals surface area contributed by atoms with Crippen molar-refractivity contribution < 1.29 is 14.9 Å². The molecule has 522 valence electrons. The highest BCUT2D eigenvalue weighted by atomic mass is 16.5. The molecule has 1 atom stereocenters. The second-order valence-electron chi connectivity index (χ2n) is 26.7. The molecule has 2 fully saturated rings. The third-order valence-corrected chi connectivity index (χ3v) is 17.7. The minimum Gasteiger partial charge on any atom is -0.396 e. The van der Waals surface area contributed by atoms with Crippen LogP contribution >= 0.6 is 0 Å². The molecule has 0 radical (unpaired) electrons. The maximum atomic E-state index is 12.4. The highest BCUT2D eigenvalue weighted by molar-refractivity contribution is 6.07. The molecule has 12 heterocycles. The first-order valence-corrected chi connectivity index (χ1v) is 34.2. The van der Waals surface area contributed by atoms with Crippen LogP contribution in [0.3, 0.4) is 0 Å². The number of anilines is 6. The number of fused-ring (bicyclic) bond motifs is 8. The monoisotopic (exact) mass is 1350 g/mol. The second-order valence-corrected chi connectivity index (χ2v) is 26.7. The molecule has 2 aliphatic rings. The molecule has 99 heavy (non-hydrogen) atoms. The fraction of sp³-hybridized carbons (Fsp3) is 0.417. The number of rotatable bonds is 20. The van der Waals surface area contributed by atoms with E-state index in [2.05, 4.69) is 94.8 Å². The maximum Gasteiger partial charge on any atom is 0.326 e. The molecular formula is C72H94N22O5. The summed E-state index contributed by atoms with van der Waals surface area (Å²) < 4.78 is 13.0. The van der Waals surface area contributed by atoms with E-state index >= 15 is 0 Å². The Morgan fingerprint density at radius 3 is 1.71 bits per heavy atom. The number of aromatic nitrogens is 14. The van der Waals surface area contributed by atoms with Gasteiger partial charge in [-0.3, -0.25) is 9.13 Å². The number of likely N-dealkylation sites (tertiary alicyclic amines) is 2. The predicted octanol–water partition coefficient (Wildman–Crippen LogP) is 8.43. The summed E-state index contributed by atoms with van der Waals surface area (Å²) in [7, 11) is 0. The van der Waals surface area contributed by atoms with E-state index in [4.69, 9.17) is 27.7 Å². The van der Waals surface area contributed by atoms with Gasteiger partial charge in [0.1, 0.15) is 57.8 Å². The van der Waals surface area contributed by atoms with Crippen LogP contribution in [0.15, 0.2) is 113 Å². The first-order chi connectivity index (χ1) is 47.7. The molecule has 2 aromatic carbocycles. The van der Waals surface area contributed by atoms with E-state index in [1.54, 1.807) is 29.2 Å². The van der Waals surface area contributed by atoms with Crippen LogP contribution < -0.4 is 44.9 Å². The number of hydrogen-bond donors (Lipinski definition) is 10. The van der Waals surface area contributed by atoms with E-state index in [1.165, 1.54) is 32.4 Å². The molecule has 12 aromatic rings. The van der Waals surface area contributed by atoms with Crippen molar-refractivity contribution in [3.05, 3.63) is 153 Å². The van der Waals surface area contributed by atoms with Gasteiger partial charge >= 0.3 is 11.4 Å². The van der Waals surface area contributed by atoms with Crippen molar-refractivity contribution in [2.75, 3.05) is 99.1 Å². The molecule has 0 spiro atoms. The number of piperidine rings is 2. The van der Waals surface area contributed by atoms with Crippen molar-refractivity contribution in [3.8, 4) is 0 Å². The van der Waals surface area contributed by atoms with Crippen molar-refractivity contribution >= 4 is 101 Å². The lowest BCUT2D eigenvalue weighted by Gasteiger charge is -2.31. The lowest BCUT2D eigenvalue weighted by molar-refractivity contribution is 0.0582. The smallest absolute Gasteiger partial charge is 0.326 e. The van der Waals surface area contributed by atoms with Crippen molar-refractivity contribution in [3.63, 3.8) is 0 Å². The van der Waals surface area contributed by atoms with Gasteiger partial charge in [0.15, 0.2) is 11.6 Å². The Labute approximate surface area is 574 Å². The molecule has 27 heteroatoms. The lowest BCUT2D eigenvalue weighted by atomic mass is 9.99. The van der Waals surface area contributed by atoms with Crippen molar-refractivity contribution in [2.24, 2.45) is 11.8 Å². The molecule has 27 nitrogen and oxygen atoms in total. The van der Waals surface area contributed by atoms with E-state index < -0.39 is 5.60 Å². The normalized spacial score (nSPS) is 14.6. The molecule has 0 amide bonds. The van der Waals surface area contributed by atoms with Crippen molar-refractivity contribution in [1.29, 1.82) is 0 Å². The van der Waals surface area contributed by atoms with E-state index in [-0.39, 0.29) is 18.0 Å². The number of benzene rings is 2. The van der Waals surface area contributed by atoms with Gasteiger partial charge in [-0.15, -0.1) is 0 Å². The number of aryl methyl sites for hydroxylation is 2.